The van der Waals surface area contributed by atoms with Crippen LogP contribution in [-0.2, 0) is 37.8 Å². The van der Waals surface area contributed by atoms with Crippen LogP contribution in [0.4, 0.5) is 0 Å². The first-order chi connectivity index (χ1) is 27.1. The van der Waals surface area contributed by atoms with E-state index in [2.05, 4.69) is 50.8 Å². The zero-order chi connectivity index (χ0) is 41.5. The molecule has 11 nitrogen and oxygen atoms in total. The Balaban J connectivity index is 1.72. The van der Waals surface area contributed by atoms with Gasteiger partial charge in [0.25, 0.3) is 0 Å². The number of hydrogen-bond acceptors (Lipinski definition) is 9. The van der Waals surface area contributed by atoms with Crippen LogP contribution in [-0.4, -0.2) is 68.8 Å². The van der Waals surface area contributed by atoms with E-state index in [1.54, 1.807) is 19.2 Å². The molecule has 308 valence electrons. The third-order valence-corrected chi connectivity index (χ3v) is 17.2. The third-order valence-electron chi connectivity index (χ3n) is 12.7. The Labute approximate surface area is 338 Å². The number of unbranched alkanes of at least 4 members (excludes halogenated alkanes) is 3. The molecular formula is C45H60N2O9Si. The maximum atomic E-state index is 14.4. The number of rotatable bonds is 18. The predicted molar refractivity (Wildman–Crippen MR) is 219 cm³/mol. The van der Waals surface area contributed by atoms with E-state index in [-0.39, 0.29) is 53.8 Å². The van der Waals surface area contributed by atoms with Gasteiger partial charge in [0.2, 0.25) is 5.78 Å². The number of cyclic esters (lactones) is 2. The van der Waals surface area contributed by atoms with Crippen molar-refractivity contribution in [3.63, 3.8) is 0 Å². The molecule has 0 spiro atoms. The highest BCUT2D eigenvalue weighted by molar-refractivity contribution is 6.74. The Kier molecular flexibility index (Phi) is 14.4. The average molecular weight is 801 g/mol. The second kappa shape index (κ2) is 18.7. The van der Waals surface area contributed by atoms with Crippen molar-refractivity contribution in [2.24, 2.45) is 23.2 Å². The Bertz CT molecular complexity index is 1850. The van der Waals surface area contributed by atoms with E-state index in [1.807, 2.05) is 44.2 Å². The van der Waals surface area contributed by atoms with E-state index in [0.29, 0.717) is 29.7 Å². The number of benzene rings is 1. The molecule has 2 aliphatic carbocycles. The van der Waals surface area contributed by atoms with Gasteiger partial charge in [-0.1, -0.05) is 76.1 Å². The first kappa shape index (κ1) is 44.0. The van der Waals surface area contributed by atoms with Crippen LogP contribution < -0.4 is 4.74 Å². The second-order valence-electron chi connectivity index (χ2n) is 17.3. The first-order valence-electron chi connectivity index (χ1n) is 20.4. The Hall–Kier alpha value is -4.06. The predicted octanol–water partition coefficient (Wildman–Crippen LogP) is 8.77. The lowest BCUT2D eigenvalue weighted by atomic mass is 9.61. The van der Waals surface area contributed by atoms with Crippen LogP contribution in [0, 0.1) is 23.2 Å². The minimum atomic E-state index is -2.52. The molecule has 2 aliphatic heterocycles. The van der Waals surface area contributed by atoms with E-state index in [4.69, 9.17) is 23.4 Å². The van der Waals surface area contributed by atoms with E-state index in [0.717, 1.165) is 31.9 Å². The molecule has 4 aliphatic rings. The third kappa shape index (κ3) is 9.47. The minimum Gasteiger partial charge on any atom is -0.497 e. The van der Waals surface area contributed by atoms with Crippen molar-refractivity contribution in [3.05, 3.63) is 82.5 Å². The van der Waals surface area contributed by atoms with Crippen molar-refractivity contribution in [1.29, 1.82) is 0 Å². The van der Waals surface area contributed by atoms with Gasteiger partial charge in [0, 0.05) is 23.5 Å². The molecule has 4 bridgehead atoms. The quantitative estimate of drug-likeness (QED) is 0.0207. The zero-order valence-electron chi connectivity index (χ0n) is 34.9. The largest absolute Gasteiger partial charge is 0.497 e. The van der Waals surface area contributed by atoms with Gasteiger partial charge >= 0.3 is 18.2 Å². The molecule has 1 saturated heterocycles. The van der Waals surface area contributed by atoms with Crippen molar-refractivity contribution < 1.29 is 47.3 Å². The van der Waals surface area contributed by atoms with Crippen LogP contribution in [0.15, 0.2) is 71.4 Å². The van der Waals surface area contributed by atoms with Crippen LogP contribution in [0.25, 0.3) is 5.53 Å². The van der Waals surface area contributed by atoms with Crippen LogP contribution in [0.5, 0.6) is 5.75 Å². The fraction of sp³-hybridized carbons (Fsp3) is 0.578. The molecule has 12 heteroatoms. The molecule has 1 aromatic carbocycles. The number of ether oxygens (including phenoxy) is 4. The number of Topliss-reactive ketones (excluding diaryl/α,β-unsaturated/α-hetero) is 2. The van der Waals surface area contributed by atoms with E-state index < -0.39 is 61.8 Å². The number of esters is 2. The Morgan fingerprint density at radius 2 is 1.74 bits per heavy atom. The molecule has 5 rings (SSSR count). The van der Waals surface area contributed by atoms with Gasteiger partial charge in [-0.15, -0.1) is 0 Å². The molecule has 1 unspecified atom stereocenters. The van der Waals surface area contributed by atoms with Gasteiger partial charge in [-0.3, -0.25) is 9.59 Å². The second-order valence-corrected chi connectivity index (χ2v) is 22.0. The summed E-state index contributed by atoms with van der Waals surface area (Å²) in [5.41, 5.74) is 9.66. The van der Waals surface area contributed by atoms with Crippen molar-refractivity contribution in [2.75, 3.05) is 13.7 Å². The fourth-order valence-electron chi connectivity index (χ4n) is 8.55. The van der Waals surface area contributed by atoms with Gasteiger partial charge in [-0.2, -0.15) is 4.79 Å². The highest BCUT2D eigenvalue weighted by atomic mass is 28.4. The average Bonchev–Trinajstić information content (AvgIpc) is 3.29. The summed E-state index contributed by atoms with van der Waals surface area (Å²) < 4.78 is 31.3. The van der Waals surface area contributed by atoms with Crippen molar-refractivity contribution in [1.82, 2.24) is 0 Å². The van der Waals surface area contributed by atoms with Crippen LogP contribution in [0.3, 0.4) is 0 Å². The molecule has 0 amide bonds. The van der Waals surface area contributed by atoms with E-state index in [9.17, 15) is 24.7 Å². The highest BCUT2D eigenvalue weighted by Gasteiger charge is 2.62. The van der Waals surface area contributed by atoms with E-state index in [1.165, 1.54) is 0 Å². The standard InChI is InChI=1S/C45H60N2O9Si/c1-9-11-13-14-15-17-18-30-24-34-40-38(32(30)25-36(35(48)19-16-12-10-2)56-57(7,8)44(3,4)5)39-33(41(50)55-42(39)51)26-45(34,37(49)27-47-46)28-53-43(54-40)29-20-22-31(52-6)23-21-29/h9-12,20-24,27,30,32,36,38,40,43H,13-19,25-26,28H2,1-8H3/b11-9+,12-10+/t30-,32+,36-,38+,40+,43?,45+/m1/s1. The van der Waals surface area contributed by atoms with Crippen LogP contribution in [0.2, 0.25) is 18.1 Å². The lowest BCUT2D eigenvalue weighted by Crippen LogP contribution is -2.50. The van der Waals surface area contributed by atoms with Gasteiger partial charge < -0.3 is 28.9 Å². The number of nitrogens with zero attached hydrogens (tertiary/aromatic N) is 2. The van der Waals surface area contributed by atoms with E-state index >= 15 is 0 Å². The lowest BCUT2D eigenvalue weighted by molar-refractivity contribution is -0.174. The number of carbonyl (C=O) groups is 4. The summed E-state index contributed by atoms with van der Waals surface area (Å²) in [5, 5.41) is -0.192. The summed E-state index contributed by atoms with van der Waals surface area (Å²) in [6.45, 7) is 14.4. The van der Waals surface area contributed by atoms with Crippen molar-refractivity contribution in [3.8, 4) is 5.75 Å². The molecule has 1 aromatic rings. The Morgan fingerprint density at radius 3 is 2.39 bits per heavy atom. The Morgan fingerprint density at radius 1 is 1.04 bits per heavy atom. The van der Waals surface area contributed by atoms with Crippen molar-refractivity contribution in [2.45, 2.75) is 129 Å². The molecule has 0 N–H and O–H groups in total. The molecule has 0 saturated carbocycles. The summed E-state index contributed by atoms with van der Waals surface area (Å²) >= 11 is 0. The minimum absolute atomic E-state index is 0.0180. The zero-order valence-corrected chi connectivity index (χ0v) is 35.9. The van der Waals surface area contributed by atoms with Gasteiger partial charge in [0.05, 0.1) is 30.8 Å². The molecule has 57 heavy (non-hydrogen) atoms. The summed E-state index contributed by atoms with van der Waals surface area (Å²) in [4.78, 5) is 59.6. The smallest absolute Gasteiger partial charge is 0.342 e. The summed E-state index contributed by atoms with van der Waals surface area (Å²) in [6.07, 6.45) is 13.7. The topological polar surface area (TPSA) is 151 Å². The van der Waals surface area contributed by atoms with Crippen molar-refractivity contribution >= 4 is 38.0 Å². The molecule has 0 aromatic heterocycles. The number of carbonyl (C=O) groups excluding carboxylic acids is 4. The molecule has 1 fully saturated rings. The molecule has 2 heterocycles. The van der Waals surface area contributed by atoms with Gasteiger partial charge in [-0.25, -0.2) is 9.59 Å². The number of allylic oxidation sites excluding steroid dienone is 5. The first-order valence-corrected chi connectivity index (χ1v) is 23.3. The molecular weight excluding hydrogens is 741 g/mol. The summed E-state index contributed by atoms with van der Waals surface area (Å²) in [6, 6.07) is 7.21. The summed E-state index contributed by atoms with van der Waals surface area (Å²) in [5.74, 6) is -3.01. The van der Waals surface area contributed by atoms with Crippen LogP contribution in [0.1, 0.15) is 104 Å². The fourth-order valence-corrected chi connectivity index (χ4v) is 9.84. The summed E-state index contributed by atoms with van der Waals surface area (Å²) in [7, 11) is -0.942. The lowest BCUT2D eigenvalue weighted by Gasteiger charge is -2.46. The van der Waals surface area contributed by atoms with Gasteiger partial charge in [0.1, 0.15) is 11.9 Å². The van der Waals surface area contributed by atoms with Crippen LogP contribution >= 0.6 is 0 Å². The van der Waals surface area contributed by atoms with Gasteiger partial charge in [-0.05, 0) is 100 Å². The number of ketones is 2. The number of hydrogen-bond donors (Lipinski definition) is 0. The maximum absolute atomic E-state index is 14.4. The SMILES string of the molecule is C/C=C/CCCCC[C@@H]1C=C2[C@@H]3OC(c4ccc(OC)cc4)OC[C@@]2(C(=O)C=[N+]=[N-])CC2=C(C(=O)OC2=O)[C@@H]3[C@H]1C[C@@H](O[Si](C)(C)C(C)(C)C)C(=O)CC/C=C/C. The molecule has 7 atom stereocenters. The maximum Gasteiger partial charge on any atom is 0.342 e. The number of fused-ring (bicyclic) bond motifs is 1. The number of methoxy groups -OCH3 is 1. The normalized spacial score (nSPS) is 26.7. The monoisotopic (exact) mass is 800 g/mol. The highest BCUT2D eigenvalue weighted by Crippen LogP contribution is 2.58. The molecule has 0 radical (unpaired) electrons. The van der Waals surface area contributed by atoms with Gasteiger partial charge in [0.15, 0.2) is 20.4 Å².